The van der Waals surface area contributed by atoms with E-state index in [2.05, 4.69) is 25.4 Å². The molecule has 7 heteroatoms. The van der Waals surface area contributed by atoms with Crippen LogP contribution in [0.2, 0.25) is 0 Å². The summed E-state index contributed by atoms with van der Waals surface area (Å²) in [6, 6.07) is 9.85. The fourth-order valence-electron chi connectivity index (χ4n) is 4.11. The van der Waals surface area contributed by atoms with Gasteiger partial charge >= 0.3 is 0 Å². The van der Waals surface area contributed by atoms with Gasteiger partial charge in [0, 0.05) is 48.3 Å². The molecule has 2 fully saturated rings. The highest BCUT2D eigenvalue weighted by Crippen LogP contribution is 2.43. The minimum absolute atomic E-state index is 0.164. The normalized spacial score (nSPS) is 20.2. The fraction of sp³-hybridized carbons (Fsp3) is 0.381. The molecule has 0 bridgehead atoms. The number of piperidine rings is 1. The highest BCUT2D eigenvalue weighted by atomic mass is 16.3. The minimum atomic E-state index is 0.164. The maximum Gasteiger partial charge on any atom is 0.245 e. The molecule has 5 rings (SSSR count). The lowest BCUT2D eigenvalue weighted by atomic mass is 9.96. The Kier molecular flexibility index (Phi) is 4.05. The molecule has 7 nitrogen and oxygen atoms in total. The molecule has 1 saturated heterocycles. The van der Waals surface area contributed by atoms with Crippen LogP contribution in [0.15, 0.2) is 48.9 Å². The number of benzene rings is 1. The van der Waals surface area contributed by atoms with Crippen LogP contribution in [0.4, 0.5) is 5.95 Å². The molecular weight excluding hydrogens is 352 g/mol. The molecule has 0 amide bonds. The molecule has 1 aromatic carbocycles. The SMILES string of the molecule is CN(c1ncc(-c2ccc(-n3cccc3)cc2O)nn1)[C@H]1CCNC2(CC2)C1. The average Bonchev–Trinajstić information content (AvgIpc) is 3.24. The van der Waals surface area contributed by atoms with Crippen molar-refractivity contribution in [3.8, 4) is 22.7 Å². The van der Waals surface area contributed by atoms with E-state index in [9.17, 15) is 5.11 Å². The quantitative estimate of drug-likeness (QED) is 0.729. The Bertz CT molecular complexity index is 965. The van der Waals surface area contributed by atoms with E-state index < -0.39 is 0 Å². The van der Waals surface area contributed by atoms with Gasteiger partial charge in [-0.1, -0.05) is 0 Å². The number of rotatable bonds is 4. The number of phenolic OH excluding ortho intramolecular Hbond substituents is 1. The van der Waals surface area contributed by atoms with Gasteiger partial charge in [-0.2, -0.15) is 0 Å². The molecule has 2 aliphatic rings. The molecule has 1 atom stereocenters. The number of aromatic hydroxyl groups is 1. The second-order valence-electron chi connectivity index (χ2n) is 7.90. The van der Waals surface area contributed by atoms with Gasteiger partial charge in [0.25, 0.3) is 0 Å². The van der Waals surface area contributed by atoms with Crippen LogP contribution in [0.3, 0.4) is 0 Å². The van der Waals surface area contributed by atoms with E-state index in [4.69, 9.17) is 0 Å². The van der Waals surface area contributed by atoms with Crippen molar-refractivity contribution in [3.63, 3.8) is 0 Å². The van der Waals surface area contributed by atoms with E-state index in [1.54, 1.807) is 12.3 Å². The molecule has 1 aliphatic heterocycles. The molecule has 2 N–H and O–H groups in total. The molecule has 0 radical (unpaired) electrons. The molecule has 3 aromatic rings. The van der Waals surface area contributed by atoms with Crippen molar-refractivity contribution in [2.24, 2.45) is 0 Å². The monoisotopic (exact) mass is 376 g/mol. The summed E-state index contributed by atoms with van der Waals surface area (Å²) >= 11 is 0. The van der Waals surface area contributed by atoms with Crippen LogP contribution < -0.4 is 10.2 Å². The summed E-state index contributed by atoms with van der Waals surface area (Å²) < 4.78 is 1.94. The molecule has 0 unspecified atom stereocenters. The summed E-state index contributed by atoms with van der Waals surface area (Å²) in [7, 11) is 2.05. The number of nitrogens with one attached hydrogen (secondary N) is 1. The smallest absolute Gasteiger partial charge is 0.245 e. The van der Waals surface area contributed by atoms with Crippen molar-refractivity contribution in [2.75, 3.05) is 18.5 Å². The number of hydrogen-bond acceptors (Lipinski definition) is 6. The Hall–Kier alpha value is -2.93. The Balaban J connectivity index is 1.35. The van der Waals surface area contributed by atoms with Crippen LogP contribution in [0.1, 0.15) is 25.7 Å². The third-order valence-electron chi connectivity index (χ3n) is 6.03. The Morgan fingerprint density at radius 1 is 1.21 bits per heavy atom. The number of phenols is 1. The Morgan fingerprint density at radius 2 is 2.04 bits per heavy atom. The van der Waals surface area contributed by atoms with E-state index in [1.807, 2.05) is 48.3 Å². The first-order chi connectivity index (χ1) is 13.6. The van der Waals surface area contributed by atoms with Crippen molar-refractivity contribution in [1.29, 1.82) is 0 Å². The highest BCUT2D eigenvalue weighted by molar-refractivity contribution is 5.68. The van der Waals surface area contributed by atoms with Gasteiger partial charge < -0.3 is 19.9 Å². The van der Waals surface area contributed by atoms with Gasteiger partial charge in [0.15, 0.2) is 0 Å². The predicted molar refractivity (Wildman–Crippen MR) is 108 cm³/mol. The lowest BCUT2D eigenvalue weighted by molar-refractivity contribution is 0.336. The summed E-state index contributed by atoms with van der Waals surface area (Å²) in [5.41, 5.74) is 2.45. The molecule has 144 valence electrons. The van der Waals surface area contributed by atoms with E-state index in [0.29, 0.717) is 28.8 Å². The van der Waals surface area contributed by atoms with Gasteiger partial charge in [-0.25, -0.2) is 4.98 Å². The van der Waals surface area contributed by atoms with Gasteiger partial charge in [-0.05, 0) is 56.5 Å². The molecular formula is C21H24N6O. The largest absolute Gasteiger partial charge is 0.507 e. The molecule has 1 saturated carbocycles. The second-order valence-corrected chi connectivity index (χ2v) is 7.90. The second kappa shape index (κ2) is 6.60. The number of hydrogen-bond donors (Lipinski definition) is 2. The van der Waals surface area contributed by atoms with Crippen molar-refractivity contribution in [3.05, 3.63) is 48.9 Å². The van der Waals surface area contributed by atoms with Crippen molar-refractivity contribution < 1.29 is 5.11 Å². The van der Waals surface area contributed by atoms with E-state index in [1.165, 1.54) is 12.8 Å². The maximum atomic E-state index is 10.5. The Morgan fingerprint density at radius 3 is 2.71 bits per heavy atom. The zero-order chi connectivity index (χ0) is 19.1. The van der Waals surface area contributed by atoms with Crippen LogP contribution in [-0.4, -0.2) is 50.0 Å². The van der Waals surface area contributed by atoms with Crippen LogP contribution in [0.25, 0.3) is 16.9 Å². The van der Waals surface area contributed by atoms with Gasteiger partial charge in [0.1, 0.15) is 11.4 Å². The molecule has 28 heavy (non-hydrogen) atoms. The third kappa shape index (κ3) is 3.11. The first-order valence-corrected chi connectivity index (χ1v) is 9.78. The predicted octanol–water partition coefficient (Wildman–Crippen LogP) is 2.76. The van der Waals surface area contributed by atoms with Crippen molar-refractivity contribution in [1.82, 2.24) is 25.1 Å². The lowest BCUT2D eigenvalue weighted by Gasteiger charge is -2.36. The van der Waals surface area contributed by atoms with Crippen molar-refractivity contribution in [2.45, 2.75) is 37.3 Å². The van der Waals surface area contributed by atoms with Crippen LogP contribution in [-0.2, 0) is 0 Å². The first-order valence-electron chi connectivity index (χ1n) is 9.78. The Labute approximate surface area is 164 Å². The highest BCUT2D eigenvalue weighted by Gasteiger charge is 2.46. The summed E-state index contributed by atoms with van der Waals surface area (Å²) in [5.74, 6) is 0.798. The van der Waals surface area contributed by atoms with Crippen LogP contribution in [0.5, 0.6) is 5.75 Å². The van der Waals surface area contributed by atoms with E-state index in [0.717, 1.165) is 25.1 Å². The number of nitrogens with zero attached hydrogens (tertiary/aromatic N) is 5. The fourth-order valence-corrected chi connectivity index (χ4v) is 4.11. The third-order valence-corrected chi connectivity index (χ3v) is 6.03. The number of anilines is 1. The molecule has 1 spiro atoms. The first kappa shape index (κ1) is 17.2. The van der Waals surface area contributed by atoms with Gasteiger partial charge in [0.2, 0.25) is 5.95 Å². The summed E-state index contributed by atoms with van der Waals surface area (Å²) in [6.45, 7) is 1.04. The van der Waals surface area contributed by atoms with Gasteiger partial charge in [-0.15, -0.1) is 10.2 Å². The standard InChI is InChI=1S/C21H24N6O/c1-26(16-6-9-23-21(13-16)7-8-21)20-22-14-18(24-25-20)17-5-4-15(12-19(17)28)27-10-2-3-11-27/h2-5,10-12,14,16,23,28H,6-9,13H2,1H3/t16-/m0/s1. The minimum Gasteiger partial charge on any atom is -0.507 e. The molecule has 1 aliphatic carbocycles. The van der Waals surface area contributed by atoms with Gasteiger partial charge in [0.05, 0.1) is 6.20 Å². The van der Waals surface area contributed by atoms with Crippen LogP contribution >= 0.6 is 0 Å². The lowest BCUT2D eigenvalue weighted by Crippen LogP contribution is -2.48. The zero-order valence-corrected chi connectivity index (χ0v) is 15.9. The average molecular weight is 376 g/mol. The molecule has 2 aromatic heterocycles. The summed E-state index contributed by atoms with van der Waals surface area (Å²) in [5, 5.41) is 22.8. The zero-order valence-electron chi connectivity index (χ0n) is 15.9. The van der Waals surface area contributed by atoms with Crippen LogP contribution in [0, 0.1) is 0 Å². The summed E-state index contributed by atoms with van der Waals surface area (Å²) in [4.78, 5) is 6.67. The topological polar surface area (TPSA) is 79.1 Å². The summed E-state index contributed by atoms with van der Waals surface area (Å²) in [6.07, 6.45) is 10.3. The van der Waals surface area contributed by atoms with E-state index in [-0.39, 0.29) is 5.75 Å². The number of aromatic nitrogens is 4. The van der Waals surface area contributed by atoms with E-state index >= 15 is 0 Å². The maximum absolute atomic E-state index is 10.5. The van der Waals surface area contributed by atoms with Gasteiger partial charge in [-0.3, -0.25) is 0 Å². The van der Waals surface area contributed by atoms with Crippen molar-refractivity contribution >= 4 is 5.95 Å². The molecule has 3 heterocycles.